The van der Waals surface area contributed by atoms with Crippen LogP contribution in [-0.2, 0) is 9.53 Å². The molecule has 3 aromatic rings. The number of carbonyl (C=O) groups is 2. The van der Waals surface area contributed by atoms with E-state index in [1.54, 1.807) is 18.4 Å². The van der Waals surface area contributed by atoms with E-state index in [1.165, 1.54) is 6.92 Å². The maximum absolute atomic E-state index is 12.2. The number of H-pyrrole nitrogens is 1. The van der Waals surface area contributed by atoms with Gasteiger partial charge in [0, 0.05) is 23.9 Å². The Labute approximate surface area is 156 Å². The number of ether oxygens (including phenoxy) is 1. The molecule has 8 heteroatoms. The molecule has 0 aliphatic heterocycles. The third-order valence-corrected chi connectivity index (χ3v) is 4.21. The van der Waals surface area contributed by atoms with Crippen molar-refractivity contribution in [3.05, 3.63) is 46.4 Å². The molecule has 0 radical (unpaired) electrons. The molecule has 0 unspecified atom stereocenters. The van der Waals surface area contributed by atoms with E-state index in [4.69, 9.17) is 11.3 Å². The first-order valence-corrected chi connectivity index (χ1v) is 8.41. The van der Waals surface area contributed by atoms with Crippen LogP contribution in [0.4, 0.5) is 11.4 Å². The molecule has 0 saturated carbocycles. The fraction of sp³-hybridized carbons (Fsp3) is 0.263. The van der Waals surface area contributed by atoms with Gasteiger partial charge >= 0.3 is 5.97 Å². The summed E-state index contributed by atoms with van der Waals surface area (Å²) in [5.74, 6) is -0.169. The van der Waals surface area contributed by atoms with Gasteiger partial charge in [0.05, 0.1) is 18.7 Å². The largest absolute Gasteiger partial charge is 0.463 e. The molecular weight excluding hydrogens is 346 g/mol. The van der Waals surface area contributed by atoms with Crippen molar-refractivity contribution in [2.24, 2.45) is 0 Å². The van der Waals surface area contributed by atoms with Crippen molar-refractivity contribution in [2.75, 3.05) is 11.9 Å². The third kappa shape index (κ3) is 3.15. The number of hydrogen-bond acceptors (Lipinski definition) is 4. The third-order valence-electron chi connectivity index (χ3n) is 4.21. The summed E-state index contributed by atoms with van der Waals surface area (Å²) >= 11 is 0. The highest BCUT2D eigenvalue weighted by Crippen LogP contribution is 2.33. The van der Waals surface area contributed by atoms with Gasteiger partial charge in [0.25, 0.3) is 0 Å². The lowest BCUT2D eigenvalue weighted by Crippen LogP contribution is -2.07. The number of fused-ring (bicyclic) bond motifs is 1. The zero-order valence-corrected chi connectivity index (χ0v) is 15.5. The van der Waals surface area contributed by atoms with Gasteiger partial charge in [-0.1, -0.05) is 12.1 Å². The Hall–Kier alpha value is -3.60. The number of nitrogens with one attached hydrogen (secondary N) is 2. The Morgan fingerprint density at radius 3 is 2.74 bits per heavy atom. The number of aromatic nitrogens is 3. The van der Waals surface area contributed by atoms with Crippen molar-refractivity contribution in [1.29, 1.82) is 0 Å². The fourth-order valence-electron chi connectivity index (χ4n) is 2.91. The van der Waals surface area contributed by atoms with Crippen LogP contribution >= 0.6 is 0 Å². The molecule has 0 atom stereocenters. The highest BCUT2D eigenvalue weighted by molar-refractivity contribution is 6.02. The van der Waals surface area contributed by atoms with Crippen LogP contribution in [0.15, 0.2) is 18.2 Å². The minimum absolute atomic E-state index is 0.155. The van der Waals surface area contributed by atoms with Gasteiger partial charge in [0.15, 0.2) is 11.5 Å². The Morgan fingerprint density at radius 1 is 1.37 bits per heavy atom. The molecular formula is C19H19N5O3. The summed E-state index contributed by atoms with van der Waals surface area (Å²) in [6, 6.07) is 5.57. The van der Waals surface area contributed by atoms with Gasteiger partial charge in [-0.2, -0.15) is 0 Å². The Morgan fingerprint density at radius 2 is 2.11 bits per heavy atom. The fourth-order valence-corrected chi connectivity index (χ4v) is 2.91. The van der Waals surface area contributed by atoms with Crippen molar-refractivity contribution in [3.63, 3.8) is 0 Å². The monoisotopic (exact) mass is 365 g/mol. The van der Waals surface area contributed by atoms with Gasteiger partial charge in [-0.15, -0.1) is 0 Å². The van der Waals surface area contributed by atoms with Crippen LogP contribution in [0, 0.1) is 20.4 Å². The van der Waals surface area contributed by atoms with Crippen LogP contribution in [0.3, 0.4) is 0 Å². The predicted octanol–water partition coefficient (Wildman–Crippen LogP) is 3.63. The first-order valence-electron chi connectivity index (χ1n) is 8.41. The van der Waals surface area contributed by atoms with Gasteiger partial charge in [-0.3, -0.25) is 14.4 Å². The van der Waals surface area contributed by atoms with Crippen LogP contribution in [-0.4, -0.2) is 33.1 Å². The maximum Gasteiger partial charge on any atom is 0.329 e. The van der Waals surface area contributed by atoms with E-state index in [0.717, 1.165) is 11.1 Å². The van der Waals surface area contributed by atoms with Gasteiger partial charge in [-0.25, -0.2) is 14.6 Å². The van der Waals surface area contributed by atoms with Gasteiger partial charge in [0.2, 0.25) is 11.6 Å². The van der Waals surface area contributed by atoms with E-state index in [1.807, 2.05) is 25.1 Å². The number of benzene rings is 1. The van der Waals surface area contributed by atoms with Gasteiger partial charge < -0.3 is 10.1 Å². The molecule has 2 heterocycles. The Bertz CT molecular complexity index is 1100. The molecule has 0 saturated heterocycles. The van der Waals surface area contributed by atoms with E-state index < -0.39 is 5.97 Å². The topological polar surface area (TPSA) is 92.9 Å². The number of amides is 1. The number of rotatable bonds is 4. The van der Waals surface area contributed by atoms with E-state index in [2.05, 4.69) is 20.2 Å². The quantitative estimate of drug-likeness (QED) is 0.545. The first-order chi connectivity index (χ1) is 12.9. The van der Waals surface area contributed by atoms with Crippen LogP contribution in [0.5, 0.6) is 0 Å². The van der Waals surface area contributed by atoms with E-state index >= 15 is 0 Å². The maximum atomic E-state index is 12.2. The number of hydrogen-bond donors (Lipinski definition) is 2. The molecule has 2 aromatic heterocycles. The summed E-state index contributed by atoms with van der Waals surface area (Å²) in [6.07, 6.45) is 0. The summed E-state index contributed by atoms with van der Waals surface area (Å²) in [5, 5.41) is 5.90. The zero-order valence-electron chi connectivity index (χ0n) is 15.5. The van der Waals surface area contributed by atoms with Crippen molar-refractivity contribution in [3.8, 4) is 11.4 Å². The molecule has 138 valence electrons. The molecule has 0 aliphatic rings. The minimum atomic E-state index is -0.537. The molecule has 3 rings (SSSR count). The lowest BCUT2D eigenvalue weighted by Gasteiger charge is -2.08. The molecule has 8 nitrogen and oxygen atoms in total. The van der Waals surface area contributed by atoms with Crippen molar-refractivity contribution < 1.29 is 14.3 Å². The number of aryl methyl sites for hydroxylation is 2. The van der Waals surface area contributed by atoms with Crippen molar-refractivity contribution >= 4 is 28.9 Å². The molecule has 0 bridgehead atoms. The summed E-state index contributed by atoms with van der Waals surface area (Å²) in [4.78, 5) is 31.6. The van der Waals surface area contributed by atoms with Crippen molar-refractivity contribution in [2.45, 2.75) is 27.7 Å². The second-order valence-corrected chi connectivity index (χ2v) is 6.08. The molecule has 1 aromatic carbocycles. The van der Waals surface area contributed by atoms with E-state index in [-0.39, 0.29) is 23.8 Å². The lowest BCUT2D eigenvalue weighted by molar-refractivity contribution is -0.114. The molecule has 0 spiro atoms. The average Bonchev–Trinajstić information content (AvgIpc) is 3.15. The van der Waals surface area contributed by atoms with Gasteiger partial charge in [0.1, 0.15) is 0 Å². The number of esters is 1. The standard InChI is InChI=1S/C19H19N5O3/c1-6-27-19(26)15-11(3)24-18(16(15)20-5)22-17(23-24)13-8-7-10(2)14(9-13)21-12(4)25/h7-9H,6H2,1-4H3,(H,21,25)(H,22,23). The highest BCUT2D eigenvalue weighted by atomic mass is 16.5. The highest BCUT2D eigenvalue weighted by Gasteiger charge is 2.25. The van der Waals surface area contributed by atoms with Crippen LogP contribution in [0.25, 0.3) is 21.9 Å². The first kappa shape index (κ1) is 18.2. The average molecular weight is 365 g/mol. The summed E-state index contributed by atoms with van der Waals surface area (Å²) < 4.78 is 6.66. The Balaban J connectivity index is 2.12. The van der Waals surface area contributed by atoms with Crippen LogP contribution < -0.4 is 5.32 Å². The predicted molar refractivity (Wildman–Crippen MR) is 101 cm³/mol. The lowest BCUT2D eigenvalue weighted by atomic mass is 10.1. The molecule has 2 N–H and O–H groups in total. The summed E-state index contributed by atoms with van der Waals surface area (Å²) in [6.45, 7) is 14.5. The van der Waals surface area contributed by atoms with Crippen LogP contribution in [0.1, 0.15) is 35.5 Å². The summed E-state index contributed by atoms with van der Waals surface area (Å²) in [7, 11) is 0. The molecule has 0 fully saturated rings. The van der Waals surface area contributed by atoms with Gasteiger partial charge in [-0.05, 0) is 32.4 Å². The number of carbonyl (C=O) groups excluding carboxylic acids is 2. The van der Waals surface area contributed by atoms with Crippen molar-refractivity contribution in [1.82, 2.24) is 14.6 Å². The normalized spacial score (nSPS) is 10.6. The Kier molecular flexibility index (Phi) is 4.69. The number of nitrogens with zero attached hydrogens (tertiary/aromatic N) is 3. The zero-order chi connectivity index (χ0) is 19.7. The molecule has 1 amide bonds. The van der Waals surface area contributed by atoms with E-state index in [9.17, 15) is 9.59 Å². The minimum Gasteiger partial charge on any atom is -0.463 e. The van der Waals surface area contributed by atoms with Crippen LogP contribution in [0.2, 0.25) is 0 Å². The SMILES string of the molecule is [C-]#[N+]c1c(C(=O)OCC)c(C)n2[nH]c(-c3ccc(C)c(NC(C)=O)c3)nc12. The molecule has 0 aliphatic carbocycles. The second-order valence-electron chi connectivity index (χ2n) is 6.08. The number of anilines is 1. The van der Waals surface area contributed by atoms with E-state index in [0.29, 0.717) is 22.9 Å². The number of aromatic amines is 1. The smallest absolute Gasteiger partial charge is 0.329 e. The summed E-state index contributed by atoms with van der Waals surface area (Å²) in [5.41, 5.74) is 3.67. The molecule has 27 heavy (non-hydrogen) atoms. The second kappa shape index (κ2) is 6.96.